The average molecular weight is 421 g/mol. The number of hydrogen-bond acceptors (Lipinski definition) is 5. The molecule has 4 rings (SSSR count). The molecule has 2 aliphatic rings. The molecule has 0 aromatic heterocycles. The maximum absolute atomic E-state index is 13.4. The minimum absolute atomic E-state index is 0.0418. The predicted molar refractivity (Wildman–Crippen MR) is 119 cm³/mol. The molecule has 7 nitrogen and oxygen atoms in total. The maximum atomic E-state index is 13.4. The number of nitrogens with zero attached hydrogens (tertiary/aromatic N) is 2. The zero-order valence-electron chi connectivity index (χ0n) is 17.9. The fourth-order valence-electron chi connectivity index (χ4n) is 4.20. The quantitative estimate of drug-likeness (QED) is 0.771. The number of carbonyl (C=O) groups is 2. The number of methoxy groups -OCH3 is 1. The van der Waals surface area contributed by atoms with Crippen molar-refractivity contribution < 1.29 is 19.4 Å². The zero-order chi connectivity index (χ0) is 22.0. The molecule has 0 spiro atoms. The average Bonchev–Trinajstić information content (AvgIpc) is 3.15. The van der Waals surface area contributed by atoms with Crippen molar-refractivity contribution >= 4 is 23.2 Å². The number of amides is 2. The van der Waals surface area contributed by atoms with Gasteiger partial charge >= 0.3 is 0 Å². The van der Waals surface area contributed by atoms with Crippen molar-refractivity contribution in [2.45, 2.75) is 20.0 Å². The Morgan fingerprint density at radius 3 is 2.39 bits per heavy atom. The lowest BCUT2D eigenvalue weighted by Crippen LogP contribution is -2.49. The van der Waals surface area contributed by atoms with Crippen LogP contribution < -0.4 is 15.0 Å². The molecule has 1 fully saturated rings. The molecule has 31 heavy (non-hydrogen) atoms. The van der Waals surface area contributed by atoms with Gasteiger partial charge in [0.05, 0.1) is 19.4 Å². The van der Waals surface area contributed by atoms with Crippen molar-refractivity contribution in [1.82, 2.24) is 10.2 Å². The van der Waals surface area contributed by atoms with E-state index in [1.807, 2.05) is 47.4 Å². The smallest absolute Gasteiger partial charge is 0.252 e. The molecule has 0 atom stereocenters. The van der Waals surface area contributed by atoms with E-state index in [0.29, 0.717) is 30.8 Å². The highest BCUT2D eigenvalue weighted by atomic mass is 16.5. The number of hydrogen-bond donors (Lipinski definition) is 2. The van der Waals surface area contributed by atoms with E-state index in [-0.39, 0.29) is 18.4 Å². The number of piperazine rings is 1. The van der Waals surface area contributed by atoms with Crippen LogP contribution >= 0.6 is 0 Å². The fourth-order valence-corrected chi connectivity index (χ4v) is 4.20. The van der Waals surface area contributed by atoms with Crippen LogP contribution in [-0.4, -0.2) is 55.1 Å². The van der Waals surface area contributed by atoms with Crippen LogP contribution in [0.4, 0.5) is 5.69 Å². The number of carbonyl (C=O) groups excluding carboxylic acids is 2. The van der Waals surface area contributed by atoms with E-state index in [2.05, 4.69) is 10.2 Å². The van der Waals surface area contributed by atoms with E-state index in [9.17, 15) is 14.7 Å². The minimum Gasteiger partial charge on any atom is -0.497 e. The molecule has 0 saturated carbocycles. The molecule has 0 radical (unpaired) electrons. The summed E-state index contributed by atoms with van der Waals surface area (Å²) in [6.07, 6.45) is 0.480. The van der Waals surface area contributed by atoms with Gasteiger partial charge in [-0.15, -0.1) is 0 Å². The van der Waals surface area contributed by atoms with Crippen LogP contribution in [0, 0.1) is 0 Å². The van der Waals surface area contributed by atoms with Crippen molar-refractivity contribution in [3.63, 3.8) is 0 Å². The summed E-state index contributed by atoms with van der Waals surface area (Å²) in [6, 6.07) is 13.6. The van der Waals surface area contributed by atoms with E-state index in [1.54, 1.807) is 7.11 Å². The van der Waals surface area contributed by atoms with Crippen molar-refractivity contribution in [1.29, 1.82) is 0 Å². The molecule has 2 aromatic rings. The normalized spacial score (nSPS) is 15.7. The highest BCUT2D eigenvalue weighted by Gasteiger charge is 2.31. The Balaban J connectivity index is 1.51. The van der Waals surface area contributed by atoms with Gasteiger partial charge in [0, 0.05) is 56.3 Å². The minimum atomic E-state index is -0.216. The van der Waals surface area contributed by atoms with Gasteiger partial charge in [-0.25, -0.2) is 0 Å². The molecule has 162 valence electrons. The van der Waals surface area contributed by atoms with Crippen LogP contribution in [0.1, 0.15) is 23.6 Å². The van der Waals surface area contributed by atoms with Crippen molar-refractivity contribution in [3.05, 3.63) is 64.7 Å². The number of ether oxygens (including phenoxy) is 1. The van der Waals surface area contributed by atoms with Crippen LogP contribution in [-0.2, 0) is 22.6 Å². The molecule has 2 N–H and O–H groups in total. The van der Waals surface area contributed by atoms with Crippen LogP contribution in [0.25, 0.3) is 5.70 Å². The van der Waals surface area contributed by atoms with Crippen molar-refractivity contribution in [2.75, 3.05) is 38.2 Å². The molecule has 7 heteroatoms. The molecular weight excluding hydrogens is 394 g/mol. The number of benzene rings is 2. The molecule has 1 saturated heterocycles. The van der Waals surface area contributed by atoms with E-state index < -0.39 is 0 Å². The molecule has 2 aromatic carbocycles. The first-order valence-corrected chi connectivity index (χ1v) is 10.4. The second-order valence-corrected chi connectivity index (χ2v) is 7.84. The third kappa shape index (κ3) is 4.27. The number of aliphatic hydroxyl groups excluding tert-OH is 1. The second-order valence-electron chi connectivity index (χ2n) is 7.84. The largest absolute Gasteiger partial charge is 0.497 e. The highest BCUT2D eigenvalue weighted by Crippen LogP contribution is 2.33. The Bertz CT molecular complexity index is 1020. The van der Waals surface area contributed by atoms with Gasteiger partial charge in [-0.3, -0.25) is 9.59 Å². The summed E-state index contributed by atoms with van der Waals surface area (Å²) in [7, 11) is 1.65. The van der Waals surface area contributed by atoms with Gasteiger partial charge in [0.25, 0.3) is 5.91 Å². The summed E-state index contributed by atoms with van der Waals surface area (Å²) >= 11 is 0. The lowest BCUT2D eigenvalue weighted by Gasteiger charge is -2.36. The van der Waals surface area contributed by atoms with Crippen LogP contribution in [0.15, 0.2) is 48.0 Å². The zero-order valence-corrected chi connectivity index (χ0v) is 17.9. The third-order valence-corrected chi connectivity index (χ3v) is 5.86. The Morgan fingerprint density at radius 1 is 1.06 bits per heavy atom. The van der Waals surface area contributed by atoms with Gasteiger partial charge in [-0.1, -0.05) is 12.1 Å². The lowest BCUT2D eigenvalue weighted by atomic mass is 10.1. The number of anilines is 1. The molecule has 0 unspecified atom stereocenters. The summed E-state index contributed by atoms with van der Waals surface area (Å²) in [5.74, 6) is 0.562. The van der Waals surface area contributed by atoms with E-state index >= 15 is 0 Å². The lowest BCUT2D eigenvalue weighted by molar-refractivity contribution is -0.127. The van der Waals surface area contributed by atoms with Gasteiger partial charge in [0.15, 0.2) is 0 Å². The standard InChI is InChI=1S/C24H27N3O4/c1-16(29)25-23-21-13-17(15-28)3-4-18(21)14-22(23)24(30)27-11-9-26(10-12-27)19-5-7-20(31-2)8-6-19/h3-8,13,28H,9-12,14-15H2,1-2H3,(H,25,29). The number of rotatable bonds is 5. The Morgan fingerprint density at radius 2 is 1.77 bits per heavy atom. The van der Waals surface area contributed by atoms with Gasteiger partial charge in [0.1, 0.15) is 5.75 Å². The second kappa shape index (κ2) is 8.81. The van der Waals surface area contributed by atoms with Gasteiger partial charge in [-0.05, 0) is 41.5 Å². The first-order chi connectivity index (χ1) is 15.0. The van der Waals surface area contributed by atoms with Crippen LogP contribution in [0.2, 0.25) is 0 Å². The predicted octanol–water partition coefficient (Wildman–Crippen LogP) is 1.94. The van der Waals surface area contributed by atoms with E-state index in [4.69, 9.17) is 4.74 Å². The van der Waals surface area contributed by atoms with Crippen molar-refractivity contribution in [2.24, 2.45) is 0 Å². The maximum Gasteiger partial charge on any atom is 0.252 e. The monoisotopic (exact) mass is 421 g/mol. The topological polar surface area (TPSA) is 82.1 Å². The summed E-state index contributed by atoms with van der Waals surface area (Å²) in [6.45, 7) is 4.05. The third-order valence-electron chi connectivity index (χ3n) is 5.86. The van der Waals surface area contributed by atoms with Gasteiger partial charge < -0.3 is 25.0 Å². The van der Waals surface area contributed by atoms with Crippen LogP contribution in [0.3, 0.4) is 0 Å². The Kier molecular flexibility index (Phi) is 5.95. The number of fused-ring (bicyclic) bond motifs is 1. The SMILES string of the molecule is COc1ccc(N2CCN(C(=O)C3=C(NC(C)=O)c4cc(CO)ccc4C3)CC2)cc1. The summed E-state index contributed by atoms with van der Waals surface area (Å²) in [4.78, 5) is 29.3. The fraction of sp³-hybridized carbons (Fsp3) is 0.333. The molecule has 0 bridgehead atoms. The number of nitrogens with one attached hydrogen (secondary N) is 1. The first-order valence-electron chi connectivity index (χ1n) is 10.4. The first kappa shape index (κ1) is 20.9. The number of aliphatic hydroxyl groups is 1. The summed E-state index contributed by atoms with van der Waals surface area (Å²) in [5.41, 5.74) is 4.85. The van der Waals surface area contributed by atoms with Gasteiger partial charge in [-0.2, -0.15) is 0 Å². The van der Waals surface area contributed by atoms with Gasteiger partial charge in [0.2, 0.25) is 5.91 Å². The summed E-state index contributed by atoms with van der Waals surface area (Å²) in [5, 5.41) is 12.3. The van der Waals surface area contributed by atoms with E-state index in [1.165, 1.54) is 6.92 Å². The Hall–Kier alpha value is -3.32. The van der Waals surface area contributed by atoms with Crippen molar-refractivity contribution in [3.8, 4) is 5.75 Å². The molecule has 2 amide bonds. The molecular formula is C24H27N3O4. The molecule has 1 aliphatic heterocycles. The summed E-state index contributed by atoms with van der Waals surface area (Å²) < 4.78 is 5.22. The molecule has 1 aliphatic carbocycles. The van der Waals surface area contributed by atoms with Crippen LogP contribution in [0.5, 0.6) is 5.75 Å². The molecule has 1 heterocycles. The Labute approximate surface area is 181 Å². The van der Waals surface area contributed by atoms with E-state index in [0.717, 1.165) is 41.2 Å². The highest BCUT2D eigenvalue weighted by molar-refractivity contribution is 6.06.